The molecule has 0 N–H and O–H groups in total. The Hall–Kier alpha value is -2.17. The van der Waals surface area contributed by atoms with E-state index in [9.17, 15) is 4.79 Å². The minimum atomic E-state index is -1.46. The van der Waals surface area contributed by atoms with E-state index in [4.69, 9.17) is 19.8 Å². The van der Waals surface area contributed by atoms with Gasteiger partial charge in [0.25, 0.3) is 5.56 Å². The van der Waals surface area contributed by atoms with Crippen molar-refractivity contribution in [3.63, 3.8) is 0 Å². The van der Waals surface area contributed by atoms with Gasteiger partial charge in [-0.05, 0) is 56.0 Å². The molecule has 0 bridgehead atoms. The molecule has 4 rings (SSSR count). The first-order valence-electron chi connectivity index (χ1n) is 12.5. The molecule has 1 fully saturated rings. The van der Waals surface area contributed by atoms with E-state index < -0.39 is 24.1 Å². The van der Waals surface area contributed by atoms with Crippen LogP contribution in [0.1, 0.15) is 51.7 Å². The summed E-state index contributed by atoms with van der Waals surface area (Å²) in [4.78, 5) is 15.3. The van der Waals surface area contributed by atoms with E-state index in [1.165, 1.54) is 11.6 Å². The third kappa shape index (κ3) is 3.98. The minimum Gasteiger partial charge on any atom is -0.304 e. The van der Waals surface area contributed by atoms with Crippen LogP contribution in [-0.4, -0.2) is 34.3 Å². The smallest absolute Gasteiger partial charge is 0.274 e. The molecule has 1 atom stereocenters. The van der Waals surface area contributed by atoms with Crippen LogP contribution in [0.5, 0.6) is 0 Å². The van der Waals surface area contributed by atoms with Crippen LogP contribution in [0, 0.1) is 0 Å². The second-order valence-corrected chi connectivity index (χ2v) is 7.48. The van der Waals surface area contributed by atoms with Crippen LogP contribution in [0.2, 0.25) is 5.02 Å². The first-order valence-corrected chi connectivity index (χ1v) is 9.88. The SMILES string of the molecule is [2H]c1c([2H])c([2H])c2c(=O)n(C3CCCN(C([2H])([2H])C)CC3)nc(Cc3ccc(Cl)cc3)c2c1[2H]. The molecule has 2 aromatic carbocycles. The van der Waals surface area contributed by atoms with E-state index in [0.717, 1.165) is 5.56 Å². The fourth-order valence-electron chi connectivity index (χ4n) is 3.74. The summed E-state index contributed by atoms with van der Waals surface area (Å²) in [6.07, 6.45) is 2.09. The molecule has 1 aliphatic rings. The summed E-state index contributed by atoms with van der Waals surface area (Å²) in [5, 5.41) is 5.31. The van der Waals surface area contributed by atoms with Crippen LogP contribution < -0.4 is 5.56 Å². The normalized spacial score (nSPS) is 21.9. The Morgan fingerprint density at radius 1 is 1.18 bits per heavy atom. The Morgan fingerprint density at radius 3 is 2.68 bits per heavy atom. The van der Waals surface area contributed by atoms with Crippen molar-refractivity contribution in [1.29, 1.82) is 0 Å². The second-order valence-electron chi connectivity index (χ2n) is 7.05. The van der Waals surface area contributed by atoms with Crippen LogP contribution in [-0.2, 0) is 6.42 Å². The van der Waals surface area contributed by atoms with Crippen molar-refractivity contribution >= 4 is 22.4 Å². The van der Waals surface area contributed by atoms with E-state index in [1.54, 1.807) is 17.0 Å². The van der Waals surface area contributed by atoms with Gasteiger partial charge < -0.3 is 4.90 Å². The summed E-state index contributed by atoms with van der Waals surface area (Å²) in [6, 6.07) is 5.34. The molecule has 0 saturated carbocycles. The fraction of sp³-hybridized carbons (Fsp3) is 0.391. The molecular formula is C23H26ClN3O. The van der Waals surface area contributed by atoms with Crippen LogP contribution >= 0.6 is 11.6 Å². The van der Waals surface area contributed by atoms with Gasteiger partial charge in [0.15, 0.2) is 0 Å². The number of aromatic nitrogens is 2. The Morgan fingerprint density at radius 2 is 1.93 bits per heavy atom. The summed E-state index contributed by atoms with van der Waals surface area (Å²) in [6.45, 7) is 1.09. The van der Waals surface area contributed by atoms with Crippen molar-refractivity contribution in [3.05, 3.63) is 75.1 Å². The molecule has 28 heavy (non-hydrogen) atoms. The monoisotopic (exact) mass is 401 g/mol. The molecule has 1 saturated heterocycles. The number of likely N-dealkylation sites (tertiary alicyclic amines) is 1. The van der Waals surface area contributed by atoms with Gasteiger partial charge in [-0.1, -0.05) is 48.8 Å². The Bertz CT molecular complexity index is 1290. The van der Waals surface area contributed by atoms with Crippen molar-refractivity contribution in [2.24, 2.45) is 0 Å². The van der Waals surface area contributed by atoms with Crippen molar-refractivity contribution < 1.29 is 8.22 Å². The number of hydrogen-bond donors (Lipinski definition) is 0. The molecule has 2 heterocycles. The Labute approximate surface area is 179 Å². The summed E-state index contributed by atoms with van der Waals surface area (Å²) in [5.41, 5.74) is 0.706. The molecular weight excluding hydrogens is 370 g/mol. The number of hydrogen-bond acceptors (Lipinski definition) is 3. The van der Waals surface area contributed by atoms with Gasteiger partial charge in [-0.3, -0.25) is 4.79 Å². The predicted molar refractivity (Wildman–Crippen MR) is 115 cm³/mol. The van der Waals surface area contributed by atoms with Crippen molar-refractivity contribution in [3.8, 4) is 0 Å². The highest BCUT2D eigenvalue weighted by molar-refractivity contribution is 6.30. The molecule has 5 heteroatoms. The van der Waals surface area contributed by atoms with Crippen LogP contribution in [0.15, 0.2) is 53.2 Å². The first kappa shape index (κ1) is 13.1. The van der Waals surface area contributed by atoms with Gasteiger partial charge in [0.2, 0.25) is 0 Å². The van der Waals surface area contributed by atoms with Gasteiger partial charge in [-0.2, -0.15) is 5.10 Å². The van der Waals surface area contributed by atoms with Gasteiger partial charge in [0, 0.05) is 26.1 Å². The quantitative estimate of drug-likeness (QED) is 0.636. The zero-order valence-electron chi connectivity index (χ0n) is 21.8. The zero-order valence-corrected chi connectivity index (χ0v) is 16.5. The number of nitrogens with zero attached hydrogens (tertiary/aromatic N) is 3. The van der Waals surface area contributed by atoms with E-state index in [2.05, 4.69) is 5.10 Å². The fourth-order valence-corrected chi connectivity index (χ4v) is 3.87. The highest BCUT2D eigenvalue weighted by atomic mass is 35.5. The molecule has 1 aliphatic heterocycles. The molecule has 146 valence electrons. The molecule has 1 unspecified atom stereocenters. The lowest BCUT2D eigenvalue weighted by atomic mass is 10.0. The minimum absolute atomic E-state index is 0.0584. The maximum Gasteiger partial charge on any atom is 0.274 e. The van der Waals surface area contributed by atoms with Gasteiger partial charge in [-0.15, -0.1) is 0 Å². The first-order chi connectivity index (χ1) is 16.0. The number of benzene rings is 2. The molecule has 4 nitrogen and oxygen atoms in total. The maximum atomic E-state index is 13.6. The lowest BCUT2D eigenvalue weighted by Crippen LogP contribution is -2.30. The highest BCUT2D eigenvalue weighted by Crippen LogP contribution is 2.24. The van der Waals surface area contributed by atoms with Gasteiger partial charge in [-0.25, -0.2) is 4.68 Å². The van der Waals surface area contributed by atoms with E-state index >= 15 is 0 Å². The van der Waals surface area contributed by atoms with Gasteiger partial charge >= 0.3 is 0 Å². The van der Waals surface area contributed by atoms with Crippen molar-refractivity contribution in [2.75, 3.05) is 19.6 Å². The maximum absolute atomic E-state index is 13.6. The van der Waals surface area contributed by atoms with E-state index in [-0.39, 0.29) is 35.3 Å². The van der Waals surface area contributed by atoms with Gasteiger partial charge in [0.05, 0.1) is 22.6 Å². The summed E-state index contributed by atoms with van der Waals surface area (Å²) in [5.74, 6) is 0. The van der Waals surface area contributed by atoms with E-state index in [1.807, 2.05) is 12.1 Å². The van der Waals surface area contributed by atoms with Crippen molar-refractivity contribution in [1.82, 2.24) is 14.7 Å². The number of fused-ring (bicyclic) bond motifs is 1. The molecule has 0 radical (unpaired) electrons. The molecule has 1 aromatic heterocycles. The zero-order chi connectivity index (χ0) is 24.8. The molecule has 0 amide bonds. The lowest BCUT2D eigenvalue weighted by Gasteiger charge is -2.20. The Balaban J connectivity index is 1.88. The average Bonchev–Trinajstić information content (AvgIpc) is 3.05. The third-order valence-corrected chi connectivity index (χ3v) is 5.52. The average molecular weight is 402 g/mol. The molecule has 3 aromatic rings. The summed E-state index contributed by atoms with van der Waals surface area (Å²) < 4.78 is 50.5. The Kier molecular flexibility index (Phi) is 3.97. The van der Waals surface area contributed by atoms with Crippen LogP contribution in [0.25, 0.3) is 10.8 Å². The predicted octanol–water partition coefficient (Wildman–Crippen LogP) is 4.69. The third-order valence-electron chi connectivity index (χ3n) is 5.27. The largest absolute Gasteiger partial charge is 0.304 e. The summed E-state index contributed by atoms with van der Waals surface area (Å²) in [7, 11) is 0. The second kappa shape index (κ2) is 8.46. The topological polar surface area (TPSA) is 38.1 Å². The standard InChI is InChI=1S/C23H26ClN3O/c1-2-26-14-5-6-19(13-15-26)27-23(28)21-8-4-3-7-20(21)22(25-27)16-17-9-11-18(24)12-10-17/h3-4,7-12,19H,2,5-6,13-16H2,1H3/i2D2,3D,4D,7D,8D. The highest BCUT2D eigenvalue weighted by Gasteiger charge is 2.21. The van der Waals surface area contributed by atoms with E-state index in [0.29, 0.717) is 43.1 Å². The van der Waals surface area contributed by atoms with Gasteiger partial charge in [0.1, 0.15) is 0 Å². The number of halogens is 1. The van der Waals surface area contributed by atoms with Crippen molar-refractivity contribution in [2.45, 2.75) is 38.6 Å². The van der Waals surface area contributed by atoms with Crippen LogP contribution in [0.4, 0.5) is 0 Å². The number of rotatable bonds is 4. The van der Waals surface area contributed by atoms with Crippen LogP contribution in [0.3, 0.4) is 0 Å². The molecule has 0 aliphatic carbocycles. The summed E-state index contributed by atoms with van der Waals surface area (Å²) >= 11 is 6.01. The molecule has 0 spiro atoms. The lowest BCUT2D eigenvalue weighted by molar-refractivity contribution is 0.292.